The highest BCUT2D eigenvalue weighted by Gasteiger charge is 2.44. The highest BCUT2D eigenvalue weighted by molar-refractivity contribution is 5.76. The molecule has 9 heteroatoms. The van der Waals surface area contributed by atoms with Crippen molar-refractivity contribution in [3.63, 3.8) is 0 Å². The van der Waals surface area contributed by atoms with Crippen molar-refractivity contribution in [2.45, 2.75) is 217 Å². The predicted molar refractivity (Wildman–Crippen MR) is 212 cm³/mol. The standard InChI is InChI=1S/C43H79NO8/c1-3-5-7-9-11-13-15-16-17-18-19-20-21-22-23-25-27-29-31-33-39(47)44-36(35-51-43-42(50)41(49)40(48)38(34-45)52-43)37(46)32-30-28-26-24-14-12-10-8-6-4-2/h11,13,15-16,30,32,36-38,40-43,45-46,48-50H,3-10,12,14,17-29,31,33-35H2,1-2H3,(H,44,47)/b13-11-,16-15-,32-30+. The molecule has 304 valence electrons. The number of carbonyl (C=O) groups is 1. The van der Waals surface area contributed by atoms with E-state index in [1.54, 1.807) is 6.08 Å². The summed E-state index contributed by atoms with van der Waals surface area (Å²) in [4.78, 5) is 12.9. The molecule has 52 heavy (non-hydrogen) atoms. The Kier molecular flexibility index (Phi) is 31.6. The van der Waals surface area contributed by atoms with Crippen LogP contribution in [-0.2, 0) is 14.3 Å². The first-order valence-electron chi connectivity index (χ1n) is 21.2. The summed E-state index contributed by atoms with van der Waals surface area (Å²) in [6.45, 7) is 3.70. The van der Waals surface area contributed by atoms with Crippen molar-refractivity contribution in [3.05, 3.63) is 36.5 Å². The summed E-state index contributed by atoms with van der Waals surface area (Å²) in [5.74, 6) is -0.184. The van der Waals surface area contributed by atoms with Gasteiger partial charge in [-0.25, -0.2) is 0 Å². The predicted octanol–water partition coefficient (Wildman–Crippen LogP) is 8.11. The molecule has 0 saturated carbocycles. The van der Waals surface area contributed by atoms with Crippen LogP contribution in [0.5, 0.6) is 0 Å². The van der Waals surface area contributed by atoms with Crippen molar-refractivity contribution in [3.8, 4) is 0 Å². The van der Waals surface area contributed by atoms with E-state index in [0.717, 1.165) is 44.9 Å². The lowest BCUT2D eigenvalue weighted by molar-refractivity contribution is -0.302. The minimum atomic E-state index is -1.56. The lowest BCUT2D eigenvalue weighted by Gasteiger charge is -2.40. The van der Waals surface area contributed by atoms with Gasteiger partial charge in [-0.15, -0.1) is 0 Å². The van der Waals surface area contributed by atoms with Crippen LogP contribution in [0.15, 0.2) is 36.5 Å². The Hall–Kier alpha value is -1.59. The van der Waals surface area contributed by atoms with Gasteiger partial charge in [-0.1, -0.05) is 159 Å². The zero-order chi connectivity index (χ0) is 38.1. The maximum Gasteiger partial charge on any atom is 0.220 e. The number of aliphatic hydroxyl groups is 5. The zero-order valence-electron chi connectivity index (χ0n) is 33.1. The molecule has 0 aliphatic carbocycles. The van der Waals surface area contributed by atoms with Crippen LogP contribution in [0.25, 0.3) is 0 Å². The molecule has 7 unspecified atom stereocenters. The van der Waals surface area contributed by atoms with Gasteiger partial charge >= 0.3 is 0 Å². The van der Waals surface area contributed by atoms with Crippen LogP contribution in [0.3, 0.4) is 0 Å². The molecule has 7 atom stereocenters. The molecular weight excluding hydrogens is 658 g/mol. The summed E-state index contributed by atoms with van der Waals surface area (Å²) in [5, 5.41) is 54.0. The van der Waals surface area contributed by atoms with Gasteiger partial charge < -0.3 is 40.3 Å². The monoisotopic (exact) mass is 738 g/mol. The molecule has 1 fully saturated rings. The second kappa shape index (κ2) is 33.9. The van der Waals surface area contributed by atoms with E-state index in [4.69, 9.17) is 9.47 Å². The van der Waals surface area contributed by atoms with Gasteiger partial charge in [0.2, 0.25) is 5.91 Å². The van der Waals surface area contributed by atoms with Crippen molar-refractivity contribution in [2.24, 2.45) is 0 Å². The molecule has 9 nitrogen and oxygen atoms in total. The topological polar surface area (TPSA) is 149 Å². The Labute approximate surface area is 317 Å². The van der Waals surface area contributed by atoms with Crippen molar-refractivity contribution in [1.82, 2.24) is 5.32 Å². The number of amides is 1. The van der Waals surface area contributed by atoms with E-state index >= 15 is 0 Å². The molecule has 1 aliphatic heterocycles. The molecule has 1 rings (SSSR count). The van der Waals surface area contributed by atoms with Gasteiger partial charge in [0.1, 0.15) is 24.4 Å². The SMILES string of the molecule is CCCCC/C=C\C=C/CCCCCCCCCCCCC(=O)NC(COC1OC(CO)C(O)C(O)C1O)C(O)/C=C/CCCCCCCCCC. The number of hydrogen-bond acceptors (Lipinski definition) is 8. The molecule has 0 aromatic heterocycles. The molecule has 0 aromatic rings. The van der Waals surface area contributed by atoms with Gasteiger partial charge in [0.15, 0.2) is 6.29 Å². The first-order valence-corrected chi connectivity index (χ1v) is 21.2. The number of nitrogens with one attached hydrogen (secondary N) is 1. The number of rotatable bonds is 34. The summed E-state index contributed by atoms with van der Waals surface area (Å²) in [7, 11) is 0. The third kappa shape index (κ3) is 24.7. The van der Waals surface area contributed by atoms with Crippen LogP contribution in [0.1, 0.15) is 174 Å². The lowest BCUT2D eigenvalue weighted by atomic mass is 9.99. The van der Waals surface area contributed by atoms with Crippen molar-refractivity contribution >= 4 is 5.91 Å². The molecule has 6 N–H and O–H groups in total. The lowest BCUT2D eigenvalue weighted by Crippen LogP contribution is -2.60. The summed E-state index contributed by atoms with van der Waals surface area (Å²) in [6, 6.07) is -0.803. The smallest absolute Gasteiger partial charge is 0.220 e. The van der Waals surface area contributed by atoms with Crippen LogP contribution in [0, 0.1) is 0 Å². The Morgan fingerprint density at radius 2 is 1.12 bits per heavy atom. The molecule has 0 bridgehead atoms. The van der Waals surface area contributed by atoms with Crippen LogP contribution in [0.2, 0.25) is 0 Å². The maximum absolute atomic E-state index is 12.9. The highest BCUT2D eigenvalue weighted by Crippen LogP contribution is 2.22. The summed E-state index contributed by atoms with van der Waals surface area (Å²) in [5.41, 5.74) is 0. The number of allylic oxidation sites excluding steroid dienone is 5. The first-order chi connectivity index (χ1) is 25.3. The molecule has 1 heterocycles. The van der Waals surface area contributed by atoms with E-state index < -0.39 is 49.5 Å². The van der Waals surface area contributed by atoms with E-state index in [2.05, 4.69) is 43.5 Å². The van der Waals surface area contributed by atoms with Gasteiger partial charge in [-0.3, -0.25) is 4.79 Å². The second-order valence-electron chi connectivity index (χ2n) is 14.8. The molecule has 0 radical (unpaired) electrons. The van der Waals surface area contributed by atoms with Gasteiger partial charge in [-0.05, 0) is 44.9 Å². The average molecular weight is 738 g/mol. The molecule has 1 aliphatic rings. The van der Waals surface area contributed by atoms with E-state index in [0.29, 0.717) is 6.42 Å². The molecule has 0 aromatic carbocycles. The van der Waals surface area contributed by atoms with E-state index in [1.165, 1.54) is 109 Å². The third-order valence-electron chi connectivity index (χ3n) is 9.99. The summed E-state index contributed by atoms with van der Waals surface area (Å²) in [6.07, 6.45) is 33.3. The first kappa shape index (κ1) is 48.4. The van der Waals surface area contributed by atoms with Crippen LogP contribution in [0.4, 0.5) is 0 Å². The Bertz CT molecular complexity index is 910. The number of ether oxygens (including phenoxy) is 2. The normalized spacial score (nSPS) is 22.2. The third-order valence-corrected chi connectivity index (χ3v) is 9.99. The van der Waals surface area contributed by atoms with Crippen molar-refractivity contribution < 1.29 is 39.8 Å². The number of hydrogen-bond donors (Lipinski definition) is 6. The zero-order valence-corrected chi connectivity index (χ0v) is 33.1. The Morgan fingerprint density at radius 1 is 0.654 bits per heavy atom. The minimum absolute atomic E-state index is 0.184. The van der Waals surface area contributed by atoms with Gasteiger partial charge in [0.25, 0.3) is 0 Å². The van der Waals surface area contributed by atoms with Gasteiger partial charge in [-0.2, -0.15) is 0 Å². The maximum atomic E-state index is 12.9. The summed E-state index contributed by atoms with van der Waals surface area (Å²) < 4.78 is 11.2. The number of carbonyl (C=O) groups excluding carboxylic acids is 1. The van der Waals surface area contributed by atoms with E-state index in [1.807, 2.05) is 6.08 Å². The summed E-state index contributed by atoms with van der Waals surface area (Å²) >= 11 is 0. The van der Waals surface area contributed by atoms with E-state index in [9.17, 15) is 30.3 Å². The van der Waals surface area contributed by atoms with Crippen molar-refractivity contribution in [1.29, 1.82) is 0 Å². The quantitative estimate of drug-likeness (QED) is 0.0221. The Balaban J connectivity index is 2.35. The fourth-order valence-corrected chi connectivity index (χ4v) is 6.50. The molecule has 0 spiro atoms. The van der Waals surface area contributed by atoms with Crippen LogP contribution in [-0.4, -0.2) is 87.5 Å². The fourth-order valence-electron chi connectivity index (χ4n) is 6.50. The largest absolute Gasteiger partial charge is 0.394 e. The number of aliphatic hydroxyl groups excluding tert-OH is 5. The van der Waals surface area contributed by atoms with Crippen LogP contribution >= 0.6 is 0 Å². The van der Waals surface area contributed by atoms with Crippen LogP contribution < -0.4 is 5.32 Å². The molecule has 1 amide bonds. The highest BCUT2D eigenvalue weighted by atomic mass is 16.7. The molecular formula is C43H79NO8. The number of unbranched alkanes of at least 4 members (excludes halogenated alkanes) is 21. The fraction of sp³-hybridized carbons (Fsp3) is 0.837. The van der Waals surface area contributed by atoms with Gasteiger partial charge in [0.05, 0.1) is 25.4 Å². The van der Waals surface area contributed by atoms with Crippen molar-refractivity contribution in [2.75, 3.05) is 13.2 Å². The Morgan fingerprint density at radius 3 is 1.65 bits per heavy atom. The second-order valence-corrected chi connectivity index (χ2v) is 14.8. The average Bonchev–Trinajstić information content (AvgIpc) is 3.14. The minimum Gasteiger partial charge on any atom is -0.394 e. The molecule has 1 saturated heterocycles. The van der Waals surface area contributed by atoms with Gasteiger partial charge in [0, 0.05) is 6.42 Å². The van der Waals surface area contributed by atoms with E-state index in [-0.39, 0.29) is 12.5 Å².